The molecule has 1 aromatic carbocycles. The van der Waals surface area contributed by atoms with Gasteiger partial charge in [0.05, 0.1) is 11.1 Å². The summed E-state index contributed by atoms with van der Waals surface area (Å²) in [5.41, 5.74) is 1.09. The van der Waals surface area contributed by atoms with Gasteiger partial charge in [-0.2, -0.15) is 0 Å². The van der Waals surface area contributed by atoms with Gasteiger partial charge in [0, 0.05) is 22.9 Å². The van der Waals surface area contributed by atoms with Crippen molar-refractivity contribution in [3.63, 3.8) is 0 Å². The Morgan fingerprint density at radius 2 is 2.23 bits per heavy atom. The van der Waals surface area contributed by atoms with E-state index in [-0.39, 0.29) is 11.8 Å². The molecule has 1 unspecified atom stereocenters. The molecule has 2 aliphatic rings. The van der Waals surface area contributed by atoms with Crippen molar-refractivity contribution in [1.82, 2.24) is 10.2 Å². The lowest BCUT2D eigenvalue weighted by Gasteiger charge is -2.11. The van der Waals surface area contributed by atoms with Gasteiger partial charge in [-0.3, -0.25) is 9.59 Å². The van der Waals surface area contributed by atoms with Gasteiger partial charge in [-0.05, 0) is 37.9 Å². The summed E-state index contributed by atoms with van der Waals surface area (Å²) in [6.07, 6.45) is 6.61. The van der Waals surface area contributed by atoms with E-state index in [1.54, 1.807) is 24.0 Å². The lowest BCUT2D eigenvalue weighted by Crippen LogP contribution is -2.24. The maximum atomic E-state index is 12.6. The van der Waals surface area contributed by atoms with Crippen molar-refractivity contribution in [2.45, 2.75) is 37.1 Å². The second-order valence-electron chi connectivity index (χ2n) is 5.56. The summed E-state index contributed by atoms with van der Waals surface area (Å²) >= 11 is 1.67. The van der Waals surface area contributed by atoms with Gasteiger partial charge >= 0.3 is 0 Å². The molecule has 0 saturated carbocycles. The molecule has 1 N–H and O–H groups in total. The van der Waals surface area contributed by atoms with Gasteiger partial charge in [0.15, 0.2) is 0 Å². The first-order valence-electron chi connectivity index (χ1n) is 7.76. The number of rotatable bonds is 5. The highest BCUT2D eigenvalue weighted by atomic mass is 32.2. The van der Waals surface area contributed by atoms with Crippen molar-refractivity contribution in [3.8, 4) is 0 Å². The van der Waals surface area contributed by atoms with Crippen LogP contribution in [0.3, 0.4) is 0 Å². The average Bonchev–Trinajstić information content (AvgIpc) is 3.13. The fourth-order valence-corrected chi connectivity index (χ4v) is 4.01. The molecule has 5 heteroatoms. The summed E-state index contributed by atoms with van der Waals surface area (Å²) in [6, 6.07) is 6.05. The number of hydrogen-bond donors (Lipinski definition) is 1. The molecule has 0 bridgehead atoms. The Morgan fingerprint density at radius 3 is 2.95 bits per heavy atom. The molecular weight excluding hydrogens is 296 g/mol. The molecule has 22 heavy (non-hydrogen) atoms. The van der Waals surface area contributed by atoms with E-state index in [1.807, 2.05) is 25.1 Å². The van der Waals surface area contributed by atoms with E-state index >= 15 is 0 Å². The number of thioether (sulfide) groups is 1. The minimum atomic E-state index is -0.217. The van der Waals surface area contributed by atoms with Crippen molar-refractivity contribution in [1.29, 1.82) is 0 Å². The van der Waals surface area contributed by atoms with Crippen LogP contribution in [0.5, 0.6) is 0 Å². The zero-order chi connectivity index (χ0) is 15.5. The third-order valence-electron chi connectivity index (χ3n) is 4.00. The Hall–Kier alpha value is -1.59. The quantitative estimate of drug-likeness (QED) is 0.670. The molecule has 2 heterocycles. The molecular formula is C17H20N2O2S. The van der Waals surface area contributed by atoms with E-state index in [2.05, 4.69) is 5.32 Å². The predicted octanol–water partition coefficient (Wildman–Crippen LogP) is 3.05. The number of nitrogens with one attached hydrogen (secondary N) is 1. The molecule has 1 aromatic rings. The summed E-state index contributed by atoms with van der Waals surface area (Å²) in [6.45, 7) is 3.05. The smallest absolute Gasteiger partial charge is 0.266 e. The van der Waals surface area contributed by atoms with Crippen molar-refractivity contribution in [3.05, 3.63) is 41.6 Å². The number of amides is 2. The second kappa shape index (κ2) is 6.67. The molecule has 0 aromatic heterocycles. The molecule has 0 radical (unpaired) electrons. The third kappa shape index (κ3) is 2.83. The van der Waals surface area contributed by atoms with E-state index in [0.29, 0.717) is 17.2 Å². The summed E-state index contributed by atoms with van der Waals surface area (Å²) in [5.74, 6) is 0.515. The minimum absolute atomic E-state index is 0.202. The fourth-order valence-electron chi connectivity index (χ4n) is 2.83. The maximum Gasteiger partial charge on any atom is 0.266 e. The van der Waals surface area contributed by atoms with Crippen LogP contribution in [0, 0.1) is 0 Å². The molecule has 4 nitrogen and oxygen atoms in total. The molecule has 1 fully saturated rings. The zero-order valence-corrected chi connectivity index (χ0v) is 13.5. The summed E-state index contributed by atoms with van der Waals surface area (Å²) in [4.78, 5) is 27.1. The average molecular weight is 316 g/mol. The zero-order valence-electron chi connectivity index (χ0n) is 12.7. The Balaban J connectivity index is 1.82. The number of fused-ring (bicyclic) bond motifs is 1. The van der Waals surface area contributed by atoms with Crippen LogP contribution in [0.4, 0.5) is 0 Å². The molecule has 116 valence electrons. The van der Waals surface area contributed by atoms with E-state index in [9.17, 15) is 9.59 Å². The number of allylic oxidation sites excluding steroid dienone is 1. The molecule has 2 aliphatic heterocycles. The Morgan fingerprint density at radius 1 is 1.36 bits per heavy atom. The Kier molecular flexibility index (Phi) is 4.64. The first kappa shape index (κ1) is 15.3. The van der Waals surface area contributed by atoms with Crippen LogP contribution in [-0.4, -0.2) is 35.1 Å². The van der Waals surface area contributed by atoms with Crippen molar-refractivity contribution in [2.24, 2.45) is 0 Å². The van der Waals surface area contributed by atoms with Gasteiger partial charge in [-0.1, -0.05) is 19.1 Å². The van der Waals surface area contributed by atoms with Crippen LogP contribution in [0.25, 0.3) is 0 Å². The molecule has 1 saturated heterocycles. The number of benzene rings is 1. The van der Waals surface area contributed by atoms with Crippen LogP contribution < -0.4 is 5.32 Å². The number of imide groups is 1. The molecule has 0 aliphatic carbocycles. The van der Waals surface area contributed by atoms with Crippen LogP contribution in [0.2, 0.25) is 0 Å². The Bertz CT molecular complexity index is 621. The van der Waals surface area contributed by atoms with Crippen molar-refractivity contribution >= 4 is 23.6 Å². The normalized spacial score (nSPS) is 21.1. The van der Waals surface area contributed by atoms with Crippen LogP contribution >= 0.6 is 11.8 Å². The SMILES string of the molecule is CC/C=C/N1C(=O)c2cccc(SCC3CCCN3)c2C1=O. The number of carbonyl (C=O) groups is 2. The summed E-state index contributed by atoms with van der Waals surface area (Å²) in [5, 5.41) is 3.46. The fraction of sp³-hybridized carbons (Fsp3) is 0.412. The standard InChI is InChI=1S/C17H20N2O2S/c1-2-3-10-19-16(20)13-7-4-8-14(15(13)17(19)21)22-11-12-6-5-9-18-12/h3-4,7-8,10,12,18H,2,5-6,9,11H2,1H3/b10-3+. The van der Waals surface area contributed by atoms with E-state index in [1.165, 1.54) is 17.7 Å². The number of hydrogen-bond acceptors (Lipinski definition) is 4. The summed E-state index contributed by atoms with van der Waals surface area (Å²) < 4.78 is 0. The van der Waals surface area contributed by atoms with Crippen LogP contribution in [0.15, 0.2) is 35.4 Å². The molecule has 0 spiro atoms. The van der Waals surface area contributed by atoms with Crippen molar-refractivity contribution < 1.29 is 9.59 Å². The van der Waals surface area contributed by atoms with E-state index in [4.69, 9.17) is 0 Å². The van der Waals surface area contributed by atoms with Crippen LogP contribution in [0.1, 0.15) is 46.9 Å². The topological polar surface area (TPSA) is 49.4 Å². The molecule has 1 atom stereocenters. The van der Waals surface area contributed by atoms with Gasteiger partial charge < -0.3 is 5.32 Å². The molecule has 3 rings (SSSR count). The minimum Gasteiger partial charge on any atom is -0.313 e. The highest BCUT2D eigenvalue weighted by Gasteiger charge is 2.36. The largest absolute Gasteiger partial charge is 0.313 e. The second-order valence-corrected chi connectivity index (χ2v) is 6.62. The number of carbonyl (C=O) groups excluding carboxylic acids is 2. The lowest BCUT2D eigenvalue weighted by molar-refractivity contribution is 0.0720. The van der Waals surface area contributed by atoms with Gasteiger partial charge in [0.2, 0.25) is 0 Å². The first-order chi connectivity index (χ1) is 10.7. The first-order valence-corrected chi connectivity index (χ1v) is 8.74. The number of nitrogens with zero attached hydrogens (tertiary/aromatic N) is 1. The highest BCUT2D eigenvalue weighted by molar-refractivity contribution is 7.99. The lowest BCUT2D eigenvalue weighted by atomic mass is 10.1. The van der Waals surface area contributed by atoms with Gasteiger partial charge in [-0.25, -0.2) is 4.90 Å². The van der Waals surface area contributed by atoms with Crippen molar-refractivity contribution in [2.75, 3.05) is 12.3 Å². The van der Waals surface area contributed by atoms with Gasteiger partial charge in [-0.15, -0.1) is 11.8 Å². The monoisotopic (exact) mass is 316 g/mol. The predicted molar refractivity (Wildman–Crippen MR) is 88.1 cm³/mol. The van der Waals surface area contributed by atoms with E-state index < -0.39 is 0 Å². The van der Waals surface area contributed by atoms with Gasteiger partial charge in [0.1, 0.15) is 0 Å². The van der Waals surface area contributed by atoms with Gasteiger partial charge in [0.25, 0.3) is 11.8 Å². The maximum absolute atomic E-state index is 12.6. The van der Waals surface area contributed by atoms with E-state index in [0.717, 1.165) is 23.6 Å². The Labute approximate surface area is 135 Å². The highest BCUT2D eigenvalue weighted by Crippen LogP contribution is 2.33. The third-order valence-corrected chi connectivity index (χ3v) is 5.22. The van der Waals surface area contributed by atoms with Crippen LogP contribution in [-0.2, 0) is 0 Å². The molecule has 2 amide bonds. The summed E-state index contributed by atoms with van der Waals surface area (Å²) in [7, 11) is 0.